The van der Waals surface area contributed by atoms with Crippen LogP contribution < -0.4 is 4.74 Å². The molecule has 0 N–H and O–H groups in total. The molecule has 1 aliphatic heterocycles. The van der Waals surface area contributed by atoms with E-state index in [0.29, 0.717) is 0 Å². The summed E-state index contributed by atoms with van der Waals surface area (Å²) in [5.41, 5.74) is 0.941. The lowest BCUT2D eigenvalue weighted by Crippen LogP contribution is -2.43. The van der Waals surface area contributed by atoms with E-state index in [0.717, 1.165) is 24.3 Å². The predicted octanol–water partition coefficient (Wildman–Crippen LogP) is 2.99. The van der Waals surface area contributed by atoms with E-state index in [2.05, 4.69) is 0 Å². The van der Waals surface area contributed by atoms with Crippen molar-refractivity contribution in [2.45, 2.75) is 32.4 Å². The molecule has 1 aliphatic rings. The van der Waals surface area contributed by atoms with Crippen LogP contribution in [0.2, 0.25) is 0 Å². The van der Waals surface area contributed by atoms with Crippen LogP contribution >= 0.6 is 0 Å². The van der Waals surface area contributed by atoms with Crippen LogP contribution in [0.15, 0.2) is 24.3 Å². The minimum atomic E-state index is -0.243. The lowest BCUT2D eigenvalue weighted by atomic mass is 10.0. The fraction of sp³-hybridized carbons (Fsp3) is 0.500. The van der Waals surface area contributed by atoms with Gasteiger partial charge in [0.2, 0.25) is 0 Å². The number of carbonyl (C=O) groups excluding carboxylic acids is 1. The van der Waals surface area contributed by atoms with Gasteiger partial charge in [0.15, 0.2) is 0 Å². The number of hydrogen-bond donors (Lipinski definition) is 0. The Morgan fingerprint density at radius 3 is 2.72 bits per heavy atom. The van der Waals surface area contributed by atoms with Crippen molar-refractivity contribution in [1.82, 2.24) is 4.90 Å². The molecular weight excluding hydrogens is 230 g/mol. The second kappa shape index (κ2) is 5.29. The highest BCUT2D eigenvalue weighted by Gasteiger charge is 2.30. The summed E-state index contributed by atoms with van der Waals surface area (Å²) >= 11 is 0. The van der Waals surface area contributed by atoms with Gasteiger partial charge in [-0.15, -0.1) is 0 Å². The minimum absolute atomic E-state index is 0.177. The smallest absolute Gasteiger partial charge is 0.410 e. The molecule has 0 radical (unpaired) electrons. The quantitative estimate of drug-likeness (QED) is 0.826. The normalized spacial score (nSPS) is 19.9. The third-order valence-electron chi connectivity index (χ3n) is 3.22. The molecule has 18 heavy (non-hydrogen) atoms. The first kappa shape index (κ1) is 12.7. The lowest BCUT2D eigenvalue weighted by molar-refractivity contribution is 0.0141. The highest BCUT2D eigenvalue weighted by atomic mass is 16.6. The van der Waals surface area contributed by atoms with Crippen molar-refractivity contribution >= 4 is 6.09 Å². The molecule has 1 saturated heterocycles. The van der Waals surface area contributed by atoms with E-state index in [1.807, 2.05) is 38.1 Å². The van der Waals surface area contributed by atoms with Crippen molar-refractivity contribution in [3.8, 4) is 5.75 Å². The van der Waals surface area contributed by atoms with Gasteiger partial charge in [0, 0.05) is 24.6 Å². The van der Waals surface area contributed by atoms with Crippen molar-refractivity contribution in [1.29, 1.82) is 0 Å². The molecule has 0 spiro atoms. The third-order valence-corrected chi connectivity index (χ3v) is 3.22. The number of amides is 1. The maximum atomic E-state index is 11.9. The first-order valence-electron chi connectivity index (χ1n) is 6.23. The zero-order chi connectivity index (χ0) is 13.1. The Morgan fingerprint density at radius 2 is 2.11 bits per heavy atom. The van der Waals surface area contributed by atoms with Gasteiger partial charge in [-0.3, -0.25) is 0 Å². The van der Waals surface area contributed by atoms with E-state index in [9.17, 15) is 4.79 Å². The first-order chi connectivity index (χ1) is 8.63. The number of cyclic esters (lactones) is 1. The van der Waals surface area contributed by atoms with E-state index < -0.39 is 0 Å². The fourth-order valence-electron chi connectivity index (χ4n) is 2.22. The molecule has 4 heteroatoms. The van der Waals surface area contributed by atoms with Gasteiger partial charge in [0.1, 0.15) is 11.9 Å². The van der Waals surface area contributed by atoms with Crippen molar-refractivity contribution in [2.75, 3.05) is 13.7 Å². The molecule has 1 amide bonds. The standard InChI is InChI=1S/C14H19NO3/c1-10(2)15-9-8-13(18-14(15)16)11-6-4-5-7-12(11)17-3/h4-7,10,13H,8-9H2,1-3H3/t13-/m0/s1. The lowest BCUT2D eigenvalue weighted by Gasteiger charge is -2.34. The van der Waals surface area contributed by atoms with Crippen LogP contribution in [-0.4, -0.2) is 30.7 Å². The number of carbonyl (C=O) groups is 1. The zero-order valence-electron chi connectivity index (χ0n) is 11.1. The molecule has 0 unspecified atom stereocenters. The molecule has 2 rings (SSSR count). The Labute approximate surface area is 107 Å². The van der Waals surface area contributed by atoms with Gasteiger partial charge in [-0.2, -0.15) is 0 Å². The van der Waals surface area contributed by atoms with Gasteiger partial charge in [-0.25, -0.2) is 4.79 Å². The second-order valence-electron chi connectivity index (χ2n) is 4.69. The predicted molar refractivity (Wildman–Crippen MR) is 68.7 cm³/mol. The topological polar surface area (TPSA) is 38.8 Å². The second-order valence-corrected chi connectivity index (χ2v) is 4.69. The summed E-state index contributed by atoms with van der Waals surface area (Å²) in [7, 11) is 1.63. The fourth-order valence-corrected chi connectivity index (χ4v) is 2.22. The number of benzene rings is 1. The van der Waals surface area contributed by atoms with E-state index >= 15 is 0 Å². The van der Waals surface area contributed by atoms with E-state index in [-0.39, 0.29) is 18.2 Å². The molecule has 4 nitrogen and oxygen atoms in total. The van der Waals surface area contributed by atoms with Crippen LogP contribution in [0.4, 0.5) is 4.79 Å². The molecule has 1 atom stereocenters. The number of para-hydroxylation sites is 1. The van der Waals surface area contributed by atoms with Crippen LogP contribution in [0.1, 0.15) is 31.9 Å². The molecule has 1 fully saturated rings. The first-order valence-corrected chi connectivity index (χ1v) is 6.23. The molecule has 1 aromatic rings. The Balaban J connectivity index is 2.15. The van der Waals surface area contributed by atoms with Gasteiger partial charge in [-0.05, 0) is 19.9 Å². The molecule has 0 bridgehead atoms. The molecule has 98 valence electrons. The van der Waals surface area contributed by atoms with Crippen LogP contribution in [0.5, 0.6) is 5.75 Å². The zero-order valence-corrected chi connectivity index (χ0v) is 11.1. The third kappa shape index (κ3) is 2.42. The average molecular weight is 249 g/mol. The van der Waals surface area contributed by atoms with Crippen molar-refractivity contribution < 1.29 is 14.3 Å². The molecule has 1 heterocycles. The molecule has 1 aromatic carbocycles. The summed E-state index contributed by atoms with van der Waals surface area (Å²) in [6.45, 7) is 4.70. The highest BCUT2D eigenvalue weighted by molar-refractivity contribution is 5.69. The van der Waals surface area contributed by atoms with E-state index in [1.54, 1.807) is 12.0 Å². The molecular formula is C14H19NO3. The van der Waals surface area contributed by atoms with Crippen LogP contribution in [0, 0.1) is 0 Å². The highest BCUT2D eigenvalue weighted by Crippen LogP contribution is 2.33. The largest absolute Gasteiger partial charge is 0.496 e. The maximum Gasteiger partial charge on any atom is 0.410 e. The maximum absolute atomic E-state index is 11.9. The Hall–Kier alpha value is -1.71. The van der Waals surface area contributed by atoms with Crippen molar-refractivity contribution in [3.05, 3.63) is 29.8 Å². The van der Waals surface area contributed by atoms with Crippen LogP contribution in [-0.2, 0) is 4.74 Å². The van der Waals surface area contributed by atoms with Gasteiger partial charge < -0.3 is 14.4 Å². The number of methoxy groups -OCH3 is 1. The number of ether oxygens (including phenoxy) is 2. The molecule has 0 saturated carbocycles. The van der Waals surface area contributed by atoms with Crippen LogP contribution in [0.3, 0.4) is 0 Å². The van der Waals surface area contributed by atoms with Gasteiger partial charge >= 0.3 is 6.09 Å². The van der Waals surface area contributed by atoms with Gasteiger partial charge in [0.05, 0.1) is 7.11 Å². The van der Waals surface area contributed by atoms with E-state index in [4.69, 9.17) is 9.47 Å². The Morgan fingerprint density at radius 1 is 1.39 bits per heavy atom. The van der Waals surface area contributed by atoms with E-state index in [1.165, 1.54) is 0 Å². The summed E-state index contributed by atoms with van der Waals surface area (Å²) in [5, 5.41) is 0. The Kier molecular flexibility index (Phi) is 3.75. The number of hydrogen-bond acceptors (Lipinski definition) is 3. The van der Waals surface area contributed by atoms with Crippen LogP contribution in [0.25, 0.3) is 0 Å². The summed E-state index contributed by atoms with van der Waals surface area (Å²) in [6.07, 6.45) is 0.348. The summed E-state index contributed by atoms with van der Waals surface area (Å²) in [6, 6.07) is 7.85. The van der Waals surface area contributed by atoms with Crippen molar-refractivity contribution in [3.63, 3.8) is 0 Å². The van der Waals surface area contributed by atoms with Gasteiger partial charge in [-0.1, -0.05) is 18.2 Å². The SMILES string of the molecule is COc1ccccc1[C@@H]1CCN(C(C)C)C(=O)O1. The molecule has 0 aromatic heterocycles. The monoisotopic (exact) mass is 249 g/mol. The summed E-state index contributed by atoms with van der Waals surface area (Å²) < 4.78 is 10.8. The summed E-state index contributed by atoms with van der Waals surface area (Å²) in [4.78, 5) is 13.6. The summed E-state index contributed by atoms with van der Waals surface area (Å²) in [5.74, 6) is 0.772. The molecule has 0 aliphatic carbocycles. The minimum Gasteiger partial charge on any atom is -0.496 e. The number of nitrogens with zero attached hydrogens (tertiary/aromatic N) is 1. The Bertz CT molecular complexity index is 431. The average Bonchev–Trinajstić information content (AvgIpc) is 2.38. The van der Waals surface area contributed by atoms with Gasteiger partial charge in [0.25, 0.3) is 0 Å². The van der Waals surface area contributed by atoms with Crippen molar-refractivity contribution in [2.24, 2.45) is 0 Å². The number of rotatable bonds is 3.